The molecule has 1 aromatic heterocycles. The molecule has 1 amide bonds. The van der Waals surface area contributed by atoms with Crippen molar-refractivity contribution in [1.29, 1.82) is 0 Å². The Morgan fingerprint density at radius 3 is 2.82 bits per heavy atom. The highest BCUT2D eigenvalue weighted by molar-refractivity contribution is 5.97. The first-order chi connectivity index (χ1) is 13.6. The molecular formula is C22H22FN3O2. The fraction of sp³-hybridized carbons (Fsp3) is 0.273. The van der Waals surface area contributed by atoms with Crippen LogP contribution in [0.4, 0.5) is 15.9 Å². The molecule has 0 saturated carbocycles. The number of morpholine rings is 1. The Morgan fingerprint density at radius 1 is 1.21 bits per heavy atom. The lowest BCUT2D eigenvalue weighted by atomic mass is 9.97. The number of aryl methyl sites for hydroxylation is 2. The maximum atomic E-state index is 14.5. The normalized spacial score (nSPS) is 17.0. The summed E-state index contributed by atoms with van der Waals surface area (Å²) in [5.74, 6) is 0.307. The highest BCUT2D eigenvalue weighted by Crippen LogP contribution is 2.35. The number of nitrogens with zero attached hydrogens (tertiary/aromatic N) is 2. The van der Waals surface area contributed by atoms with Crippen molar-refractivity contribution in [3.8, 4) is 0 Å². The molecule has 1 atom stereocenters. The number of amides is 1. The summed E-state index contributed by atoms with van der Waals surface area (Å²) < 4.78 is 20.4. The van der Waals surface area contributed by atoms with Gasteiger partial charge in [-0.05, 0) is 36.4 Å². The summed E-state index contributed by atoms with van der Waals surface area (Å²) in [5.41, 5.74) is 2.99. The minimum absolute atomic E-state index is 0.236. The van der Waals surface area contributed by atoms with Crippen LogP contribution in [-0.2, 0) is 9.53 Å². The Balaban J connectivity index is 1.79. The fourth-order valence-electron chi connectivity index (χ4n) is 3.68. The summed E-state index contributed by atoms with van der Waals surface area (Å²) >= 11 is 0. The van der Waals surface area contributed by atoms with Crippen molar-refractivity contribution in [3.63, 3.8) is 0 Å². The summed E-state index contributed by atoms with van der Waals surface area (Å²) in [7, 11) is 0. The third-order valence-corrected chi connectivity index (χ3v) is 5.19. The molecule has 3 aromatic rings. The first-order valence-corrected chi connectivity index (χ1v) is 9.30. The van der Waals surface area contributed by atoms with Crippen molar-refractivity contribution < 1.29 is 13.9 Å². The van der Waals surface area contributed by atoms with E-state index in [2.05, 4.69) is 10.3 Å². The number of anilines is 2. The molecule has 1 aliphatic heterocycles. The zero-order valence-electron chi connectivity index (χ0n) is 15.9. The number of fused-ring (bicyclic) bond motifs is 1. The number of hydrogen-bond acceptors (Lipinski definition) is 4. The topological polar surface area (TPSA) is 54.5 Å². The van der Waals surface area contributed by atoms with Gasteiger partial charge in [0.15, 0.2) is 0 Å². The molecule has 0 spiro atoms. The van der Waals surface area contributed by atoms with Crippen LogP contribution >= 0.6 is 0 Å². The largest absolute Gasteiger partial charge is 0.370 e. The van der Waals surface area contributed by atoms with Gasteiger partial charge in [0, 0.05) is 23.7 Å². The van der Waals surface area contributed by atoms with E-state index in [1.54, 1.807) is 30.2 Å². The van der Waals surface area contributed by atoms with Gasteiger partial charge in [-0.15, -0.1) is 0 Å². The third-order valence-electron chi connectivity index (χ3n) is 5.19. The van der Waals surface area contributed by atoms with E-state index in [1.165, 1.54) is 0 Å². The molecule has 1 N–H and O–H groups in total. The molecule has 1 saturated heterocycles. The zero-order valence-corrected chi connectivity index (χ0v) is 15.9. The van der Waals surface area contributed by atoms with Crippen LogP contribution in [0.15, 0.2) is 42.6 Å². The molecule has 0 radical (unpaired) electrons. The van der Waals surface area contributed by atoms with Crippen molar-refractivity contribution in [1.82, 2.24) is 9.88 Å². The lowest BCUT2D eigenvalue weighted by Crippen LogP contribution is -2.37. The number of hydrogen-bond donors (Lipinski definition) is 1. The van der Waals surface area contributed by atoms with Gasteiger partial charge in [0.2, 0.25) is 6.41 Å². The van der Waals surface area contributed by atoms with Crippen LogP contribution < -0.4 is 5.32 Å². The smallest absolute Gasteiger partial charge is 0.209 e. The maximum absolute atomic E-state index is 14.5. The lowest BCUT2D eigenvalue weighted by molar-refractivity contribution is -0.125. The van der Waals surface area contributed by atoms with Gasteiger partial charge in [-0.3, -0.25) is 4.79 Å². The van der Waals surface area contributed by atoms with E-state index in [4.69, 9.17) is 4.74 Å². The number of rotatable bonds is 4. The number of carbonyl (C=O) groups is 1. The Kier molecular flexibility index (Phi) is 4.96. The summed E-state index contributed by atoms with van der Waals surface area (Å²) in [5, 5.41) is 5.05. The zero-order chi connectivity index (χ0) is 19.7. The van der Waals surface area contributed by atoms with Gasteiger partial charge in [0.1, 0.15) is 17.7 Å². The van der Waals surface area contributed by atoms with Crippen molar-refractivity contribution in [2.45, 2.75) is 20.0 Å². The van der Waals surface area contributed by atoms with E-state index >= 15 is 0 Å². The van der Waals surface area contributed by atoms with E-state index < -0.39 is 0 Å². The molecule has 2 aromatic carbocycles. The predicted octanol–water partition coefficient (Wildman–Crippen LogP) is 4.26. The Hall–Kier alpha value is -2.99. The Morgan fingerprint density at radius 2 is 2.00 bits per heavy atom. The number of carbonyl (C=O) groups excluding carboxylic acids is 1. The third kappa shape index (κ3) is 3.31. The molecule has 1 unspecified atom stereocenters. The van der Waals surface area contributed by atoms with Crippen LogP contribution in [0, 0.1) is 19.7 Å². The first kappa shape index (κ1) is 18.4. The van der Waals surface area contributed by atoms with Crippen LogP contribution in [0.2, 0.25) is 0 Å². The van der Waals surface area contributed by atoms with Crippen LogP contribution in [0.1, 0.15) is 22.8 Å². The SMILES string of the molecule is Cc1cccc(Nc2ncc(C3CN(C=O)CCO3)c3c(C)cccc23)c1F. The van der Waals surface area contributed by atoms with Gasteiger partial charge in [0.25, 0.3) is 0 Å². The first-order valence-electron chi connectivity index (χ1n) is 9.30. The standard InChI is InChI=1S/C22H22FN3O2/c1-14-5-3-7-16-20(14)17(19-12-26(13-27)9-10-28-19)11-24-22(16)25-18-8-4-6-15(2)21(18)23/h3-8,11,13,19H,9-10,12H2,1-2H3,(H,24,25). The molecule has 2 heterocycles. The number of halogens is 1. The molecule has 1 fully saturated rings. The molecule has 0 bridgehead atoms. The van der Waals surface area contributed by atoms with Crippen LogP contribution in [-0.4, -0.2) is 36.0 Å². The van der Waals surface area contributed by atoms with Crippen LogP contribution in [0.25, 0.3) is 10.8 Å². The number of pyridine rings is 1. The van der Waals surface area contributed by atoms with Gasteiger partial charge in [-0.25, -0.2) is 9.37 Å². The summed E-state index contributed by atoms with van der Waals surface area (Å²) in [6.07, 6.45) is 2.39. The molecule has 5 nitrogen and oxygen atoms in total. The second-order valence-corrected chi connectivity index (χ2v) is 7.08. The van der Waals surface area contributed by atoms with Crippen molar-refractivity contribution in [3.05, 3.63) is 65.1 Å². The second kappa shape index (κ2) is 7.56. The monoisotopic (exact) mass is 379 g/mol. The molecular weight excluding hydrogens is 357 g/mol. The predicted molar refractivity (Wildman–Crippen MR) is 107 cm³/mol. The van der Waals surface area contributed by atoms with E-state index in [-0.39, 0.29) is 11.9 Å². The summed E-state index contributed by atoms with van der Waals surface area (Å²) in [4.78, 5) is 17.5. The van der Waals surface area contributed by atoms with Crippen molar-refractivity contribution in [2.75, 3.05) is 25.0 Å². The van der Waals surface area contributed by atoms with Gasteiger partial charge in [-0.2, -0.15) is 0 Å². The quantitative estimate of drug-likeness (QED) is 0.688. The highest BCUT2D eigenvalue weighted by atomic mass is 19.1. The molecule has 0 aliphatic carbocycles. The molecule has 144 valence electrons. The van der Waals surface area contributed by atoms with Crippen LogP contribution in [0.5, 0.6) is 0 Å². The fourth-order valence-corrected chi connectivity index (χ4v) is 3.68. The van der Waals surface area contributed by atoms with Crippen molar-refractivity contribution >= 4 is 28.7 Å². The van der Waals surface area contributed by atoms with Crippen LogP contribution in [0.3, 0.4) is 0 Å². The van der Waals surface area contributed by atoms with E-state index in [0.717, 1.165) is 28.3 Å². The van der Waals surface area contributed by atoms with E-state index in [0.29, 0.717) is 36.8 Å². The number of aromatic nitrogens is 1. The number of ether oxygens (including phenoxy) is 1. The molecule has 1 aliphatic rings. The Bertz CT molecular complexity index is 1040. The van der Waals surface area contributed by atoms with Gasteiger partial charge >= 0.3 is 0 Å². The minimum atomic E-state index is -0.286. The molecule has 28 heavy (non-hydrogen) atoms. The lowest BCUT2D eigenvalue weighted by Gasteiger charge is -2.31. The maximum Gasteiger partial charge on any atom is 0.209 e. The van der Waals surface area contributed by atoms with E-state index in [9.17, 15) is 9.18 Å². The minimum Gasteiger partial charge on any atom is -0.370 e. The van der Waals surface area contributed by atoms with Gasteiger partial charge < -0.3 is 15.0 Å². The molecule has 6 heteroatoms. The van der Waals surface area contributed by atoms with Crippen molar-refractivity contribution in [2.24, 2.45) is 0 Å². The number of benzene rings is 2. The molecule has 4 rings (SSSR count). The van der Waals surface area contributed by atoms with Gasteiger partial charge in [0.05, 0.1) is 18.8 Å². The summed E-state index contributed by atoms with van der Waals surface area (Å²) in [6, 6.07) is 11.2. The average Bonchev–Trinajstić information content (AvgIpc) is 2.72. The van der Waals surface area contributed by atoms with E-state index in [1.807, 2.05) is 31.2 Å². The Labute approximate surface area is 163 Å². The second-order valence-electron chi connectivity index (χ2n) is 7.08. The summed E-state index contributed by atoms with van der Waals surface area (Å²) in [6.45, 7) is 5.34. The van der Waals surface area contributed by atoms with Gasteiger partial charge in [-0.1, -0.05) is 30.3 Å². The highest BCUT2D eigenvalue weighted by Gasteiger charge is 2.24. The number of nitrogens with one attached hydrogen (secondary N) is 1. The average molecular weight is 379 g/mol.